The Labute approximate surface area is 148 Å². The van der Waals surface area contributed by atoms with E-state index in [4.69, 9.17) is 14.3 Å². The molecular weight excluding hydrogens is 336 g/mol. The fraction of sp³-hybridized carbons (Fsp3) is 0. The van der Waals surface area contributed by atoms with Gasteiger partial charge in [0.05, 0.1) is 23.7 Å². The minimum Gasteiger partial charge on any atom is -0.478 e. The monoisotopic (exact) mass is 350 g/mol. The van der Waals surface area contributed by atoms with Crippen molar-refractivity contribution in [3.63, 3.8) is 0 Å². The van der Waals surface area contributed by atoms with E-state index in [1.165, 1.54) is 24.6 Å². The minimum absolute atomic E-state index is 0.107. The highest BCUT2D eigenvalue weighted by molar-refractivity contribution is 5.94. The van der Waals surface area contributed by atoms with Crippen molar-refractivity contribution in [2.75, 3.05) is 5.43 Å². The Morgan fingerprint density at radius 3 is 2.69 bits per heavy atom. The average molecular weight is 350 g/mol. The van der Waals surface area contributed by atoms with Gasteiger partial charge in [0.1, 0.15) is 5.75 Å². The molecule has 0 aliphatic rings. The van der Waals surface area contributed by atoms with E-state index in [9.17, 15) is 9.59 Å². The summed E-state index contributed by atoms with van der Waals surface area (Å²) in [4.78, 5) is 23.0. The molecule has 0 fully saturated rings. The molecule has 0 spiro atoms. The number of rotatable bonds is 6. The number of nitrogens with one attached hydrogen (secondary N) is 1. The van der Waals surface area contributed by atoms with Crippen LogP contribution in [0.4, 0.5) is 5.69 Å². The molecule has 0 atom stereocenters. The third-order valence-corrected chi connectivity index (χ3v) is 3.35. The average Bonchev–Trinajstić information content (AvgIpc) is 3.17. The van der Waals surface area contributed by atoms with E-state index in [0.29, 0.717) is 17.0 Å². The standard InChI is InChI=1S/C19H14N2O5/c22-18(23)15-7-1-2-8-16(15)21-20-12-13-5-3-6-14(11-13)26-19(24)17-9-4-10-25-17/h1-12,21H,(H,22,23). The van der Waals surface area contributed by atoms with E-state index in [2.05, 4.69) is 10.5 Å². The number of ether oxygens (including phenoxy) is 1. The molecule has 0 amide bonds. The van der Waals surface area contributed by atoms with Crippen LogP contribution >= 0.6 is 0 Å². The Morgan fingerprint density at radius 2 is 1.92 bits per heavy atom. The molecule has 7 nitrogen and oxygen atoms in total. The molecule has 0 saturated carbocycles. The molecule has 1 heterocycles. The van der Waals surface area contributed by atoms with E-state index in [1.54, 1.807) is 48.5 Å². The molecule has 0 aliphatic heterocycles. The second-order valence-corrected chi connectivity index (χ2v) is 5.16. The summed E-state index contributed by atoms with van der Waals surface area (Å²) in [5.41, 5.74) is 3.84. The van der Waals surface area contributed by atoms with Crippen molar-refractivity contribution < 1.29 is 23.8 Å². The smallest absolute Gasteiger partial charge is 0.379 e. The fourth-order valence-corrected chi connectivity index (χ4v) is 2.15. The van der Waals surface area contributed by atoms with Crippen LogP contribution in [0, 0.1) is 0 Å². The van der Waals surface area contributed by atoms with Gasteiger partial charge in [-0.2, -0.15) is 5.10 Å². The van der Waals surface area contributed by atoms with Gasteiger partial charge in [-0.15, -0.1) is 0 Å². The number of para-hydroxylation sites is 1. The predicted molar refractivity (Wildman–Crippen MR) is 94.7 cm³/mol. The van der Waals surface area contributed by atoms with Crippen molar-refractivity contribution in [1.29, 1.82) is 0 Å². The van der Waals surface area contributed by atoms with Crippen molar-refractivity contribution in [1.82, 2.24) is 0 Å². The van der Waals surface area contributed by atoms with E-state index >= 15 is 0 Å². The fourth-order valence-electron chi connectivity index (χ4n) is 2.15. The molecule has 130 valence electrons. The first-order valence-electron chi connectivity index (χ1n) is 7.60. The summed E-state index contributed by atoms with van der Waals surface area (Å²) in [7, 11) is 0. The van der Waals surface area contributed by atoms with Crippen LogP contribution in [-0.4, -0.2) is 23.3 Å². The van der Waals surface area contributed by atoms with E-state index < -0.39 is 11.9 Å². The lowest BCUT2D eigenvalue weighted by Gasteiger charge is -2.05. The maximum Gasteiger partial charge on any atom is 0.379 e. The van der Waals surface area contributed by atoms with Crippen LogP contribution in [0.2, 0.25) is 0 Å². The van der Waals surface area contributed by atoms with Gasteiger partial charge in [0.15, 0.2) is 0 Å². The SMILES string of the molecule is O=C(Oc1cccc(C=NNc2ccccc2C(=O)O)c1)c1ccco1. The minimum atomic E-state index is -1.05. The number of hydrogen-bond acceptors (Lipinski definition) is 6. The summed E-state index contributed by atoms with van der Waals surface area (Å²) in [5.74, 6) is -1.20. The van der Waals surface area contributed by atoms with Crippen LogP contribution in [0.3, 0.4) is 0 Å². The number of carbonyl (C=O) groups is 2. The number of carbonyl (C=O) groups excluding carboxylic acids is 1. The Bertz CT molecular complexity index is 948. The zero-order chi connectivity index (χ0) is 18.4. The highest BCUT2D eigenvalue weighted by Crippen LogP contribution is 2.16. The molecule has 7 heteroatoms. The number of esters is 1. The Kier molecular flexibility index (Phi) is 5.09. The predicted octanol–water partition coefficient (Wildman–Crippen LogP) is 3.64. The summed E-state index contributed by atoms with van der Waals surface area (Å²) in [6, 6.07) is 16.3. The lowest BCUT2D eigenvalue weighted by Crippen LogP contribution is -2.07. The van der Waals surface area contributed by atoms with Crippen molar-refractivity contribution in [2.24, 2.45) is 5.10 Å². The Balaban J connectivity index is 1.68. The first kappa shape index (κ1) is 17.0. The zero-order valence-electron chi connectivity index (χ0n) is 13.5. The molecule has 1 aromatic heterocycles. The van der Waals surface area contributed by atoms with Crippen molar-refractivity contribution in [3.8, 4) is 5.75 Å². The lowest BCUT2D eigenvalue weighted by molar-refractivity contribution is 0.0689. The molecule has 0 saturated heterocycles. The van der Waals surface area contributed by atoms with Gasteiger partial charge >= 0.3 is 11.9 Å². The Hall–Kier alpha value is -3.87. The van der Waals surface area contributed by atoms with Crippen LogP contribution in [-0.2, 0) is 0 Å². The second-order valence-electron chi connectivity index (χ2n) is 5.16. The van der Waals surface area contributed by atoms with Crippen molar-refractivity contribution in [2.45, 2.75) is 0 Å². The highest BCUT2D eigenvalue weighted by Gasteiger charge is 2.11. The first-order chi connectivity index (χ1) is 12.6. The van der Waals surface area contributed by atoms with Crippen molar-refractivity contribution in [3.05, 3.63) is 83.8 Å². The van der Waals surface area contributed by atoms with Crippen molar-refractivity contribution >= 4 is 23.8 Å². The first-order valence-corrected chi connectivity index (χ1v) is 7.60. The van der Waals surface area contributed by atoms with Crippen LogP contribution in [0.15, 0.2) is 76.4 Å². The number of carboxylic acids is 1. The van der Waals surface area contributed by atoms with Gasteiger partial charge < -0.3 is 14.3 Å². The number of benzene rings is 2. The normalized spacial score (nSPS) is 10.6. The molecule has 26 heavy (non-hydrogen) atoms. The van der Waals surface area contributed by atoms with E-state index in [1.807, 2.05) is 0 Å². The molecule has 2 N–H and O–H groups in total. The third kappa shape index (κ3) is 4.15. The molecule has 3 rings (SSSR count). The molecule has 0 unspecified atom stereocenters. The van der Waals surface area contributed by atoms with Crippen LogP contribution in [0.25, 0.3) is 0 Å². The maximum absolute atomic E-state index is 11.9. The quantitative estimate of drug-likeness (QED) is 0.305. The summed E-state index contributed by atoms with van der Waals surface area (Å²) < 4.78 is 10.2. The summed E-state index contributed by atoms with van der Waals surface area (Å²) in [6.45, 7) is 0. The second kappa shape index (κ2) is 7.80. The molecule has 0 aliphatic carbocycles. The topological polar surface area (TPSA) is 101 Å². The molecule has 0 radical (unpaired) electrons. The summed E-state index contributed by atoms with van der Waals surface area (Å²) in [5, 5.41) is 13.2. The lowest BCUT2D eigenvalue weighted by atomic mass is 10.2. The molecular formula is C19H14N2O5. The number of carboxylic acid groups (broad SMARTS) is 1. The van der Waals surface area contributed by atoms with Gasteiger partial charge in [0.2, 0.25) is 5.76 Å². The maximum atomic E-state index is 11.9. The van der Waals surface area contributed by atoms with Crippen LogP contribution < -0.4 is 10.2 Å². The molecule has 2 aromatic carbocycles. The van der Waals surface area contributed by atoms with Gasteiger partial charge in [0.25, 0.3) is 0 Å². The van der Waals surface area contributed by atoms with Gasteiger partial charge in [-0.25, -0.2) is 9.59 Å². The third-order valence-electron chi connectivity index (χ3n) is 3.35. The largest absolute Gasteiger partial charge is 0.478 e. The highest BCUT2D eigenvalue weighted by atomic mass is 16.5. The number of furan rings is 1. The molecule has 3 aromatic rings. The van der Waals surface area contributed by atoms with E-state index in [-0.39, 0.29) is 11.3 Å². The number of aromatic carboxylic acids is 1. The molecule has 0 bridgehead atoms. The number of hydrogen-bond donors (Lipinski definition) is 2. The van der Waals surface area contributed by atoms with Crippen LogP contribution in [0.1, 0.15) is 26.5 Å². The van der Waals surface area contributed by atoms with Gasteiger partial charge in [-0.05, 0) is 42.0 Å². The van der Waals surface area contributed by atoms with E-state index in [0.717, 1.165) is 0 Å². The summed E-state index contributed by atoms with van der Waals surface area (Å²) >= 11 is 0. The van der Waals surface area contributed by atoms with Gasteiger partial charge in [-0.1, -0.05) is 24.3 Å². The Morgan fingerprint density at radius 1 is 1.08 bits per heavy atom. The zero-order valence-corrected chi connectivity index (χ0v) is 13.5. The number of anilines is 1. The number of hydrazone groups is 1. The van der Waals surface area contributed by atoms with Gasteiger partial charge in [0, 0.05) is 0 Å². The van der Waals surface area contributed by atoms with Crippen LogP contribution in [0.5, 0.6) is 5.75 Å². The van der Waals surface area contributed by atoms with Gasteiger partial charge in [-0.3, -0.25) is 5.43 Å². The number of nitrogens with zero attached hydrogens (tertiary/aromatic N) is 1. The summed E-state index contributed by atoms with van der Waals surface area (Å²) in [6.07, 6.45) is 2.88.